The minimum absolute atomic E-state index is 0.0874. The second kappa shape index (κ2) is 10.1. The first-order valence-corrected chi connectivity index (χ1v) is 10.7. The molecule has 1 aromatic heterocycles. The van der Waals surface area contributed by atoms with Gasteiger partial charge < -0.3 is 10.2 Å². The third-order valence-electron chi connectivity index (χ3n) is 5.15. The van der Waals surface area contributed by atoms with Crippen LogP contribution in [0, 0.1) is 6.92 Å². The number of nitrogens with zero attached hydrogens (tertiary/aromatic N) is 3. The number of likely N-dealkylation sites (tertiary alicyclic amines) is 1. The number of carbonyl (C=O) groups excluding carboxylic acids is 2. The molecule has 2 heterocycles. The molecule has 156 valence electrons. The van der Waals surface area contributed by atoms with Gasteiger partial charge in [-0.05, 0) is 31.4 Å². The Bertz CT molecular complexity index is 874. The molecule has 1 aliphatic heterocycles. The SMILES string of the molecule is Cc1nn(Cc2ccccc2Cl)c(Cl)c1C(=O)NCCC(=O)N1CCCCCC1. The van der Waals surface area contributed by atoms with Crippen molar-refractivity contribution in [3.05, 3.63) is 51.3 Å². The van der Waals surface area contributed by atoms with E-state index >= 15 is 0 Å². The van der Waals surface area contributed by atoms with Crippen molar-refractivity contribution in [1.29, 1.82) is 0 Å². The molecule has 0 saturated carbocycles. The Morgan fingerprint density at radius 1 is 1.10 bits per heavy atom. The highest BCUT2D eigenvalue weighted by Gasteiger charge is 2.21. The number of aromatic nitrogens is 2. The molecule has 0 unspecified atom stereocenters. The maximum atomic E-state index is 12.6. The lowest BCUT2D eigenvalue weighted by Gasteiger charge is -2.20. The van der Waals surface area contributed by atoms with Gasteiger partial charge in [0.15, 0.2) is 0 Å². The van der Waals surface area contributed by atoms with Gasteiger partial charge in [-0.1, -0.05) is 54.2 Å². The first-order chi connectivity index (χ1) is 14.0. The minimum atomic E-state index is -0.318. The van der Waals surface area contributed by atoms with E-state index in [1.807, 2.05) is 23.1 Å². The number of carbonyl (C=O) groups is 2. The highest BCUT2D eigenvalue weighted by Crippen LogP contribution is 2.23. The Labute approximate surface area is 181 Å². The van der Waals surface area contributed by atoms with E-state index in [0.717, 1.165) is 31.5 Å². The lowest BCUT2D eigenvalue weighted by molar-refractivity contribution is -0.131. The summed E-state index contributed by atoms with van der Waals surface area (Å²) in [7, 11) is 0. The molecule has 1 aliphatic rings. The Hall–Kier alpha value is -2.05. The predicted molar refractivity (Wildman–Crippen MR) is 115 cm³/mol. The molecule has 0 aliphatic carbocycles. The average Bonchev–Trinajstić information content (AvgIpc) is 2.88. The van der Waals surface area contributed by atoms with Crippen molar-refractivity contribution in [2.24, 2.45) is 0 Å². The highest BCUT2D eigenvalue weighted by atomic mass is 35.5. The largest absolute Gasteiger partial charge is 0.351 e. The van der Waals surface area contributed by atoms with Crippen LogP contribution in [0.15, 0.2) is 24.3 Å². The number of benzene rings is 1. The Morgan fingerprint density at radius 2 is 1.79 bits per heavy atom. The van der Waals surface area contributed by atoms with Crippen LogP contribution in [0.25, 0.3) is 0 Å². The van der Waals surface area contributed by atoms with E-state index in [-0.39, 0.29) is 29.9 Å². The summed E-state index contributed by atoms with van der Waals surface area (Å²) in [6, 6.07) is 7.44. The van der Waals surface area contributed by atoms with E-state index in [4.69, 9.17) is 23.2 Å². The summed E-state index contributed by atoms with van der Waals surface area (Å²) >= 11 is 12.6. The van der Waals surface area contributed by atoms with Crippen LogP contribution >= 0.6 is 23.2 Å². The lowest BCUT2D eigenvalue weighted by Crippen LogP contribution is -2.35. The summed E-state index contributed by atoms with van der Waals surface area (Å²) in [6.45, 7) is 4.02. The third-order valence-corrected chi connectivity index (χ3v) is 5.91. The van der Waals surface area contributed by atoms with Crippen LogP contribution < -0.4 is 5.32 Å². The van der Waals surface area contributed by atoms with E-state index in [0.29, 0.717) is 22.8 Å². The zero-order valence-electron chi connectivity index (χ0n) is 16.6. The van der Waals surface area contributed by atoms with Crippen molar-refractivity contribution in [3.63, 3.8) is 0 Å². The van der Waals surface area contributed by atoms with Gasteiger partial charge in [-0.15, -0.1) is 0 Å². The Kier molecular flexibility index (Phi) is 7.56. The molecule has 1 N–H and O–H groups in total. The van der Waals surface area contributed by atoms with Crippen molar-refractivity contribution in [2.45, 2.75) is 45.6 Å². The molecule has 0 bridgehead atoms. The first-order valence-electron chi connectivity index (χ1n) is 9.99. The Balaban J connectivity index is 1.58. The number of halogens is 2. The van der Waals surface area contributed by atoms with Crippen LogP contribution in [0.1, 0.15) is 53.7 Å². The van der Waals surface area contributed by atoms with Crippen LogP contribution in [-0.4, -0.2) is 46.1 Å². The van der Waals surface area contributed by atoms with Gasteiger partial charge in [0.25, 0.3) is 5.91 Å². The molecule has 3 rings (SSSR count). The van der Waals surface area contributed by atoms with Gasteiger partial charge in [0.05, 0.1) is 17.8 Å². The van der Waals surface area contributed by atoms with Gasteiger partial charge in [0.1, 0.15) is 5.15 Å². The molecule has 29 heavy (non-hydrogen) atoms. The summed E-state index contributed by atoms with van der Waals surface area (Å²) in [4.78, 5) is 26.9. The fraction of sp³-hybridized carbons (Fsp3) is 0.476. The van der Waals surface area contributed by atoms with Crippen molar-refractivity contribution in [1.82, 2.24) is 20.0 Å². The second-order valence-electron chi connectivity index (χ2n) is 7.30. The predicted octanol–water partition coefficient (Wildman–Crippen LogP) is 4.07. The normalized spacial score (nSPS) is 14.5. The van der Waals surface area contributed by atoms with Gasteiger partial charge in [-0.3, -0.25) is 9.59 Å². The quantitative estimate of drug-likeness (QED) is 0.741. The number of nitrogens with one attached hydrogen (secondary N) is 1. The molecule has 8 heteroatoms. The molecular weight excluding hydrogens is 411 g/mol. The van der Waals surface area contributed by atoms with Gasteiger partial charge in [0, 0.05) is 31.1 Å². The zero-order chi connectivity index (χ0) is 20.8. The molecule has 0 spiro atoms. The number of amides is 2. The maximum Gasteiger partial charge on any atom is 0.256 e. The minimum Gasteiger partial charge on any atom is -0.351 e. The Morgan fingerprint density at radius 3 is 2.48 bits per heavy atom. The lowest BCUT2D eigenvalue weighted by atomic mass is 10.2. The molecule has 1 aromatic carbocycles. The summed E-state index contributed by atoms with van der Waals surface area (Å²) in [5.41, 5.74) is 1.74. The van der Waals surface area contributed by atoms with Crippen LogP contribution in [0.4, 0.5) is 0 Å². The summed E-state index contributed by atoms with van der Waals surface area (Å²) in [5.74, 6) is -0.231. The molecule has 6 nitrogen and oxygen atoms in total. The summed E-state index contributed by atoms with van der Waals surface area (Å²) in [5, 5.41) is 8.07. The van der Waals surface area contributed by atoms with Crippen LogP contribution in [0.3, 0.4) is 0 Å². The summed E-state index contributed by atoms with van der Waals surface area (Å²) in [6.07, 6.45) is 4.75. The highest BCUT2D eigenvalue weighted by molar-refractivity contribution is 6.33. The number of hydrogen-bond acceptors (Lipinski definition) is 3. The van der Waals surface area contributed by atoms with E-state index in [2.05, 4.69) is 10.4 Å². The van der Waals surface area contributed by atoms with E-state index in [1.54, 1.807) is 17.7 Å². The fourth-order valence-electron chi connectivity index (χ4n) is 3.55. The number of hydrogen-bond donors (Lipinski definition) is 1. The molecule has 0 radical (unpaired) electrons. The van der Waals surface area contributed by atoms with E-state index < -0.39 is 0 Å². The van der Waals surface area contributed by atoms with E-state index in [9.17, 15) is 9.59 Å². The zero-order valence-corrected chi connectivity index (χ0v) is 18.1. The van der Waals surface area contributed by atoms with Gasteiger partial charge in [-0.2, -0.15) is 5.10 Å². The van der Waals surface area contributed by atoms with Crippen molar-refractivity contribution in [3.8, 4) is 0 Å². The second-order valence-corrected chi connectivity index (χ2v) is 8.07. The van der Waals surface area contributed by atoms with Crippen molar-refractivity contribution >= 4 is 35.0 Å². The molecule has 0 atom stereocenters. The molecule has 2 amide bonds. The van der Waals surface area contributed by atoms with E-state index in [1.165, 1.54) is 12.8 Å². The first kappa shape index (κ1) is 21.7. The third kappa shape index (κ3) is 5.52. The van der Waals surface area contributed by atoms with Crippen molar-refractivity contribution in [2.75, 3.05) is 19.6 Å². The van der Waals surface area contributed by atoms with Gasteiger partial charge in [-0.25, -0.2) is 4.68 Å². The van der Waals surface area contributed by atoms with Crippen LogP contribution in [0.5, 0.6) is 0 Å². The smallest absolute Gasteiger partial charge is 0.256 e. The van der Waals surface area contributed by atoms with Gasteiger partial charge in [0.2, 0.25) is 5.91 Å². The van der Waals surface area contributed by atoms with Crippen LogP contribution in [-0.2, 0) is 11.3 Å². The van der Waals surface area contributed by atoms with Gasteiger partial charge >= 0.3 is 0 Å². The molecule has 1 saturated heterocycles. The monoisotopic (exact) mass is 436 g/mol. The fourth-order valence-corrected chi connectivity index (χ4v) is 4.07. The maximum absolute atomic E-state index is 12.6. The average molecular weight is 437 g/mol. The van der Waals surface area contributed by atoms with Crippen molar-refractivity contribution < 1.29 is 9.59 Å². The van der Waals surface area contributed by atoms with Crippen LogP contribution in [0.2, 0.25) is 10.2 Å². The summed E-state index contributed by atoms with van der Waals surface area (Å²) < 4.78 is 1.56. The standard InChI is InChI=1S/C21H26Cl2N4O2/c1-15-19(20(23)27(25-15)14-16-8-4-5-9-17(16)22)21(29)24-11-10-18(28)26-12-6-2-3-7-13-26/h4-5,8-9H,2-3,6-7,10-14H2,1H3,(H,24,29). The number of aryl methyl sites for hydroxylation is 1. The number of rotatable bonds is 6. The molecule has 2 aromatic rings. The molecular formula is C21H26Cl2N4O2. The topological polar surface area (TPSA) is 67.2 Å². The molecule has 1 fully saturated rings.